The molecule has 0 atom stereocenters. The fraction of sp³-hybridized carbons (Fsp3) is 0.136. The van der Waals surface area contributed by atoms with E-state index in [1.54, 1.807) is 31.6 Å². The van der Waals surface area contributed by atoms with Crippen molar-refractivity contribution in [2.75, 3.05) is 19.5 Å². The van der Waals surface area contributed by atoms with Gasteiger partial charge in [0.15, 0.2) is 11.0 Å². The van der Waals surface area contributed by atoms with E-state index in [1.165, 1.54) is 11.8 Å². The Morgan fingerprint density at radius 2 is 1.77 bits per heavy atom. The summed E-state index contributed by atoms with van der Waals surface area (Å²) in [5.74, 6) is 2.92. The van der Waals surface area contributed by atoms with E-state index in [2.05, 4.69) is 15.2 Å². The lowest BCUT2D eigenvalue weighted by atomic mass is 10.2. The van der Waals surface area contributed by atoms with Crippen LogP contribution in [0.3, 0.4) is 0 Å². The van der Waals surface area contributed by atoms with E-state index < -0.39 is 0 Å². The van der Waals surface area contributed by atoms with Crippen molar-refractivity contribution in [3.05, 3.63) is 77.0 Å². The maximum Gasteiger partial charge on any atom is 0.196 e. The monoisotopic (exact) mass is 472 g/mol. The van der Waals surface area contributed by atoms with Crippen LogP contribution in [-0.4, -0.2) is 39.2 Å². The second-order valence-corrected chi connectivity index (χ2v) is 8.23. The summed E-state index contributed by atoms with van der Waals surface area (Å²) in [6, 6.07) is 16.7. The van der Waals surface area contributed by atoms with Gasteiger partial charge in [-0.1, -0.05) is 35.0 Å². The third-order valence-electron chi connectivity index (χ3n) is 4.36. The second kappa shape index (κ2) is 10.0. The molecule has 6 nitrogen and oxygen atoms in total. The zero-order chi connectivity index (χ0) is 21.6. The summed E-state index contributed by atoms with van der Waals surface area (Å²) in [4.78, 5) is 4.19. The van der Waals surface area contributed by atoms with Crippen molar-refractivity contribution in [1.82, 2.24) is 19.7 Å². The molecule has 0 bridgehead atoms. The molecule has 0 aliphatic rings. The molecule has 0 spiro atoms. The maximum absolute atomic E-state index is 6.26. The van der Waals surface area contributed by atoms with Gasteiger partial charge in [0.2, 0.25) is 0 Å². The van der Waals surface area contributed by atoms with Crippen molar-refractivity contribution < 1.29 is 9.47 Å². The zero-order valence-electron chi connectivity index (χ0n) is 16.5. The van der Waals surface area contributed by atoms with Crippen molar-refractivity contribution in [1.29, 1.82) is 0 Å². The molecule has 4 aromatic rings. The normalized spacial score (nSPS) is 10.8. The third-order valence-corrected chi connectivity index (χ3v) is 5.99. The molecule has 0 saturated carbocycles. The van der Waals surface area contributed by atoms with Crippen molar-refractivity contribution in [3.8, 4) is 28.6 Å². The second-order valence-electron chi connectivity index (χ2n) is 6.35. The van der Waals surface area contributed by atoms with E-state index in [-0.39, 0.29) is 0 Å². The van der Waals surface area contributed by atoms with Gasteiger partial charge in [-0.3, -0.25) is 9.55 Å². The lowest BCUT2D eigenvalue weighted by molar-refractivity contribution is 0.342. The van der Waals surface area contributed by atoms with Gasteiger partial charge in [0, 0.05) is 23.7 Å². The smallest absolute Gasteiger partial charge is 0.196 e. The standard InChI is InChI=1S/C22H18Cl2N4O2S/c1-29-17-5-7-18(8-6-17)30-11-12-31-22-27-26-21(15-3-2-10-25-14-15)28(22)16-4-9-19(23)20(24)13-16/h2-10,13-14H,11-12H2,1H3. The summed E-state index contributed by atoms with van der Waals surface area (Å²) in [6.45, 7) is 0.507. The lowest BCUT2D eigenvalue weighted by Gasteiger charge is -2.11. The van der Waals surface area contributed by atoms with Crippen molar-refractivity contribution >= 4 is 35.0 Å². The molecule has 31 heavy (non-hydrogen) atoms. The lowest BCUT2D eigenvalue weighted by Crippen LogP contribution is -2.03. The highest BCUT2D eigenvalue weighted by Gasteiger charge is 2.17. The van der Waals surface area contributed by atoms with Crippen LogP contribution in [-0.2, 0) is 0 Å². The summed E-state index contributed by atoms with van der Waals surface area (Å²) >= 11 is 13.9. The Bertz CT molecular complexity index is 1150. The van der Waals surface area contributed by atoms with Gasteiger partial charge in [-0.15, -0.1) is 10.2 Å². The molecule has 158 valence electrons. The number of hydrogen-bond acceptors (Lipinski definition) is 6. The van der Waals surface area contributed by atoms with Crippen LogP contribution in [0.15, 0.2) is 72.1 Å². The van der Waals surface area contributed by atoms with Gasteiger partial charge >= 0.3 is 0 Å². The topological polar surface area (TPSA) is 62.1 Å². The summed E-state index contributed by atoms with van der Waals surface area (Å²) < 4.78 is 12.9. The van der Waals surface area contributed by atoms with Crippen molar-refractivity contribution in [2.24, 2.45) is 0 Å². The molecule has 0 amide bonds. The average Bonchev–Trinajstić information content (AvgIpc) is 3.23. The third kappa shape index (κ3) is 5.12. The summed E-state index contributed by atoms with van der Waals surface area (Å²) in [5.41, 5.74) is 1.67. The molecule has 2 aromatic heterocycles. The number of methoxy groups -OCH3 is 1. The Morgan fingerprint density at radius 1 is 0.968 bits per heavy atom. The van der Waals surface area contributed by atoms with Crippen LogP contribution in [0.2, 0.25) is 10.0 Å². The van der Waals surface area contributed by atoms with Crippen LogP contribution in [0, 0.1) is 0 Å². The van der Waals surface area contributed by atoms with Crippen LogP contribution in [0.5, 0.6) is 11.5 Å². The SMILES string of the molecule is COc1ccc(OCCSc2nnc(-c3cccnc3)n2-c2ccc(Cl)c(Cl)c2)cc1. The molecule has 0 fully saturated rings. The van der Waals surface area contributed by atoms with E-state index >= 15 is 0 Å². The highest BCUT2D eigenvalue weighted by atomic mass is 35.5. The van der Waals surface area contributed by atoms with Crippen LogP contribution in [0.4, 0.5) is 0 Å². The first-order valence-corrected chi connectivity index (χ1v) is 11.1. The van der Waals surface area contributed by atoms with Gasteiger partial charge in [0.1, 0.15) is 11.5 Å². The number of nitrogens with zero attached hydrogens (tertiary/aromatic N) is 4. The van der Waals surface area contributed by atoms with Gasteiger partial charge < -0.3 is 9.47 Å². The van der Waals surface area contributed by atoms with Crippen LogP contribution >= 0.6 is 35.0 Å². The minimum Gasteiger partial charge on any atom is -0.497 e. The van der Waals surface area contributed by atoms with Crippen molar-refractivity contribution in [2.45, 2.75) is 5.16 Å². The Labute approximate surface area is 194 Å². The maximum atomic E-state index is 6.26. The molecule has 2 heterocycles. The number of hydrogen-bond donors (Lipinski definition) is 0. The highest BCUT2D eigenvalue weighted by molar-refractivity contribution is 7.99. The molecule has 9 heteroatoms. The molecule has 0 saturated heterocycles. The minimum absolute atomic E-state index is 0.462. The number of benzene rings is 2. The predicted octanol–water partition coefficient (Wildman–Crippen LogP) is 5.82. The number of pyridine rings is 1. The van der Waals surface area contributed by atoms with Crippen LogP contribution in [0.25, 0.3) is 17.1 Å². The Hall–Kier alpha value is -2.74. The van der Waals surface area contributed by atoms with Crippen molar-refractivity contribution in [3.63, 3.8) is 0 Å². The van der Waals surface area contributed by atoms with Gasteiger partial charge in [0.25, 0.3) is 0 Å². The fourth-order valence-electron chi connectivity index (χ4n) is 2.87. The van der Waals surface area contributed by atoms with Gasteiger partial charge in [0.05, 0.1) is 29.4 Å². The average molecular weight is 473 g/mol. The fourth-order valence-corrected chi connectivity index (χ4v) is 3.93. The van der Waals surface area contributed by atoms with E-state index in [0.29, 0.717) is 28.2 Å². The van der Waals surface area contributed by atoms with Crippen LogP contribution < -0.4 is 9.47 Å². The first-order chi connectivity index (χ1) is 15.2. The molecule has 2 aromatic carbocycles. The van der Waals surface area contributed by atoms with Gasteiger partial charge in [-0.05, 0) is 54.6 Å². The van der Waals surface area contributed by atoms with E-state index in [4.69, 9.17) is 32.7 Å². The first-order valence-electron chi connectivity index (χ1n) is 9.36. The quantitative estimate of drug-likeness (QED) is 0.238. The summed E-state index contributed by atoms with van der Waals surface area (Å²) in [6.07, 6.45) is 3.47. The molecule has 0 aliphatic carbocycles. The molecule has 0 aliphatic heterocycles. The van der Waals surface area contributed by atoms with Gasteiger partial charge in [-0.25, -0.2) is 0 Å². The highest BCUT2D eigenvalue weighted by Crippen LogP contribution is 2.31. The Balaban J connectivity index is 1.54. The molecule has 0 N–H and O–H groups in total. The summed E-state index contributed by atoms with van der Waals surface area (Å²) in [5, 5.41) is 10.4. The molecule has 0 unspecified atom stereocenters. The first kappa shape index (κ1) is 21.5. The zero-order valence-corrected chi connectivity index (χ0v) is 18.9. The molecule has 4 rings (SSSR count). The number of aromatic nitrogens is 4. The number of halogens is 2. The Kier molecular flexibility index (Phi) is 6.96. The Morgan fingerprint density at radius 3 is 2.48 bits per heavy atom. The molecular formula is C22H18Cl2N4O2S. The number of thioether (sulfide) groups is 1. The van der Waals surface area contributed by atoms with Gasteiger partial charge in [-0.2, -0.15) is 0 Å². The van der Waals surface area contributed by atoms with E-state index in [0.717, 1.165) is 27.9 Å². The largest absolute Gasteiger partial charge is 0.497 e. The van der Waals surface area contributed by atoms with E-state index in [9.17, 15) is 0 Å². The molecular weight excluding hydrogens is 455 g/mol. The number of ether oxygens (including phenoxy) is 2. The minimum atomic E-state index is 0.462. The number of rotatable bonds is 8. The summed E-state index contributed by atoms with van der Waals surface area (Å²) in [7, 11) is 1.64. The van der Waals surface area contributed by atoms with Crippen LogP contribution in [0.1, 0.15) is 0 Å². The van der Waals surface area contributed by atoms with E-state index in [1.807, 2.05) is 47.0 Å². The molecule has 0 radical (unpaired) electrons. The predicted molar refractivity (Wildman–Crippen MR) is 124 cm³/mol.